The van der Waals surface area contributed by atoms with Gasteiger partial charge >= 0.3 is 5.69 Å². The maximum Gasteiger partial charge on any atom is 0.311 e. The second-order valence-corrected chi connectivity index (χ2v) is 5.57. The number of nitrogens with zero attached hydrogens (tertiary/aromatic N) is 2. The molecule has 1 aromatic heterocycles. The van der Waals surface area contributed by atoms with Gasteiger partial charge in [0.05, 0.1) is 4.92 Å². The van der Waals surface area contributed by atoms with Gasteiger partial charge in [0.25, 0.3) is 0 Å². The third-order valence-corrected chi connectivity index (χ3v) is 4.00. The Morgan fingerprint density at radius 1 is 1.29 bits per heavy atom. The van der Waals surface area contributed by atoms with Crippen LogP contribution < -0.4 is 10.6 Å². The molecule has 6 heteroatoms. The van der Waals surface area contributed by atoms with Crippen molar-refractivity contribution in [1.29, 1.82) is 0 Å². The van der Waals surface area contributed by atoms with Gasteiger partial charge < -0.3 is 10.6 Å². The summed E-state index contributed by atoms with van der Waals surface area (Å²) in [4.78, 5) is 15.0. The summed E-state index contributed by atoms with van der Waals surface area (Å²) in [7, 11) is 0. The normalized spacial score (nSPS) is 15.7. The van der Waals surface area contributed by atoms with E-state index in [1.165, 1.54) is 38.2 Å². The number of rotatable bonds is 7. The summed E-state index contributed by atoms with van der Waals surface area (Å²) >= 11 is 0. The van der Waals surface area contributed by atoms with Crippen LogP contribution in [0.1, 0.15) is 45.4 Å². The minimum Gasteiger partial charge on any atom is -0.370 e. The molecule has 1 aliphatic carbocycles. The van der Waals surface area contributed by atoms with E-state index in [-0.39, 0.29) is 10.6 Å². The number of pyridine rings is 1. The molecular weight excluding hydrogens is 268 g/mol. The van der Waals surface area contributed by atoms with Gasteiger partial charge in [0, 0.05) is 19.2 Å². The zero-order valence-electron chi connectivity index (χ0n) is 12.6. The highest BCUT2D eigenvalue weighted by atomic mass is 16.6. The van der Waals surface area contributed by atoms with Crippen LogP contribution in [0.2, 0.25) is 0 Å². The van der Waals surface area contributed by atoms with E-state index in [2.05, 4.69) is 15.6 Å². The monoisotopic (exact) mass is 292 g/mol. The van der Waals surface area contributed by atoms with Crippen molar-refractivity contribution < 1.29 is 4.92 Å². The molecule has 0 spiro atoms. The average molecular weight is 292 g/mol. The highest BCUT2D eigenvalue weighted by Crippen LogP contribution is 2.27. The fourth-order valence-corrected chi connectivity index (χ4v) is 2.88. The molecular formula is C15H24N4O2. The standard InChI is InChI=1S/C15H24N4O2/c1-2-16-14-9-8-13(19(20)21)15(18-14)17-11-10-12-6-4-3-5-7-12/h8-9,12H,2-7,10-11H2,1H3,(H2,16,17,18). The first-order valence-corrected chi connectivity index (χ1v) is 7.84. The SMILES string of the molecule is CCNc1ccc([N+](=O)[O-])c(NCCC2CCCCC2)n1. The zero-order chi connectivity index (χ0) is 15.1. The Balaban J connectivity index is 1.95. The third kappa shape index (κ3) is 4.58. The van der Waals surface area contributed by atoms with Gasteiger partial charge in [0.15, 0.2) is 0 Å². The molecule has 1 fully saturated rings. The lowest BCUT2D eigenvalue weighted by molar-refractivity contribution is -0.384. The molecule has 0 radical (unpaired) electrons. The molecule has 2 N–H and O–H groups in total. The summed E-state index contributed by atoms with van der Waals surface area (Å²) in [6.45, 7) is 3.46. The molecule has 0 aromatic carbocycles. The van der Waals surface area contributed by atoms with Gasteiger partial charge in [-0.05, 0) is 25.3 Å². The maximum absolute atomic E-state index is 11.1. The molecule has 0 saturated heterocycles. The van der Waals surface area contributed by atoms with Crippen LogP contribution in [-0.4, -0.2) is 23.0 Å². The minimum atomic E-state index is -0.383. The average Bonchev–Trinajstić information content (AvgIpc) is 2.49. The van der Waals surface area contributed by atoms with E-state index in [9.17, 15) is 10.1 Å². The van der Waals surface area contributed by atoms with Gasteiger partial charge in [-0.25, -0.2) is 4.98 Å². The quantitative estimate of drug-likeness (QED) is 0.590. The summed E-state index contributed by atoms with van der Waals surface area (Å²) in [6, 6.07) is 3.15. The first kappa shape index (κ1) is 15.5. The molecule has 1 heterocycles. The van der Waals surface area contributed by atoms with E-state index in [1.54, 1.807) is 6.07 Å². The molecule has 0 atom stereocenters. The topological polar surface area (TPSA) is 80.1 Å². The lowest BCUT2D eigenvalue weighted by Gasteiger charge is -2.21. The van der Waals surface area contributed by atoms with Crippen molar-refractivity contribution in [1.82, 2.24) is 4.98 Å². The Hall–Kier alpha value is -1.85. The van der Waals surface area contributed by atoms with Crippen LogP contribution in [-0.2, 0) is 0 Å². The number of anilines is 2. The first-order chi connectivity index (χ1) is 10.2. The van der Waals surface area contributed by atoms with Crippen LogP contribution in [0.3, 0.4) is 0 Å². The van der Waals surface area contributed by atoms with Gasteiger partial charge in [-0.15, -0.1) is 0 Å². The molecule has 0 aliphatic heterocycles. The van der Waals surface area contributed by atoms with E-state index < -0.39 is 0 Å². The first-order valence-electron chi connectivity index (χ1n) is 7.84. The number of nitro groups is 1. The van der Waals surface area contributed by atoms with Crippen LogP contribution in [0.4, 0.5) is 17.3 Å². The summed E-state index contributed by atoms with van der Waals surface area (Å²) in [6.07, 6.45) is 7.62. The summed E-state index contributed by atoms with van der Waals surface area (Å²) in [5.41, 5.74) is 0.0419. The maximum atomic E-state index is 11.1. The largest absolute Gasteiger partial charge is 0.370 e. The molecule has 1 aliphatic rings. The second kappa shape index (κ2) is 7.81. The van der Waals surface area contributed by atoms with Crippen LogP contribution in [0.15, 0.2) is 12.1 Å². The smallest absolute Gasteiger partial charge is 0.311 e. The zero-order valence-corrected chi connectivity index (χ0v) is 12.6. The van der Waals surface area contributed by atoms with E-state index in [1.807, 2.05) is 6.92 Å². The molecule has 21 heavy (non-hydrogen) atoms. The molecule has 6 nitrogen and oxygen atoms in total. The minimum absolute atomic E-state index is 0.0419. The molecule has 2 rings (SSSR count). The molecule has 1 saturated carbocycles. The molecule has 116 valence electrons. The number of nitrogens with one attached hydrogen (secondary N) is 2. The van der Waals surface area contributed by atoms with Crippen molar-refractivity contribution >= 4 is 17.3 Å². The molecule has 0 unspecified atom stereocenters. The van der Waals surface area contributed by atoms with E-state index in [0.717, 1.165) is 25.4 Å². The Morgan fingerprint density at radius 3 is 2.71 bits per heavy atom. The Kier molecular flexibility index (Phi) is 5.78. The van der Waals surface area contributed by atoms with Crippen molar-refractivity contribution in [3.8, 4) is 0 Å². The Labute approximate surface area is 125 Å². The summed E-state index contributed by atoms with van der Waals surface area (Å²) in [5, 5.41) is 17.3. The highest BCUT2D eigenvalue weighted by molar-refractivity contribution is 5.60. The van der Waals surface area contributed by atoms with E-state index in [4.69, 9.17) is 0 Å². The predicted octanol–water partition coefficient (Wildman–Crippen LogP) is 3.80. The van der Waals surface area contributed by atoms with Crippen molar-refractivity contribution in [2.45, 2.75) is 45.4 Å². The lowest BCUT2D eigenvalue weighted by atomic mass is 9.87. The van der Waals surface area contributed by atoms with Gasteiger partial charge in [0.1, 0.15) is 5.82 Å². The van der Waals surface area contributed by atoms with Gasteiger partial charge in [-0.1, -0.05) is 32.1 Å². The Morgan fingerprint density at radius 2 is 2.05 bits per heavy atom. The summed E-state index contributed by atoms with van der Waals surface area (Å²) < 4.78 is 0. The Bertz CT molecular complexity index is 473. The number of hydrogen-bond acceptors (Lipinski definition) is 5. The number of hydrogen-bond donors (Lipinski definition) is 2. The van der Waals surface area contributed by atoms with E-state index in [0.29, 0.717) is 11.6 Å². The summed E-state index contributed by atoms with van der Waals surface area (Å²) in [5.74, 6) is 1.79. The lowest BCUT2D eigenvalue weighted by Crippen LogP contribution is -2.14. The fraction of sp³-hybridized carbons (Fsp3) is 0.667. The third-order valence-electron chi connectivity index (χ3n) is 4.00. The van der Waals surface area contributed by atoms with Crippen LogP contribution in [0.5, 0.6) is 0 Å². The van der Waals surface area contributed by atoms with Crippen LogP contribution >= 0.6 is 0 Å². The van der Waals surface area contributed by atoms with Crippen molar-refractivity contribution in [2.24, 2.45) is 5.92 Å². The van der Waals surface area contributed by atoms with E-state index >= 15 is 0 Å². The van der Waals surface area contributed by atoms with Gasteiger partial charge in [-0.2, -0.15) is 0 Å². The van der Waals surface area contributed by atoms with Crippen LogP contribution in [0.25, 0.3) is 0 Å². The number of aromatic nitrogens is 1. The highest BCUT2D eigenvalue weighted by Gasteiger charge is 2.17. The van der Waals surface area contributed by atoms with Crippen molar-refractivity contribution in [3.05, 3.63) is 22.2 Å². The second-order valence-electron chi connectivity index (χ2n) is 5.57. The molecule has 0 bridgehead atoms. The van der Waals surface area contributed by atoms with Gasteiger partial charge in [0.2, 0.25) is 5.82 Å². The van der Waals surface area contributed by atoms with Crippen molar-refractivity contribution in [3.63, 3.8) is 0 Å². The van der Waals surface area contributed by atoms with Gasteiger partial charge in [-0.3, -0.25) is 10.1 Å². The fourth-order valence-electron chi connectivity index (χ4n) is 2.88. The van der Waals surface area contributed by atoms with Crippen LogP contribution in [0, 0.1) is 16.0 Å². The molecule has 0 amide bonds. The predicted molar refractivity (Wildman–Crippen MR) is 84.7 cm³/mol. The molecule has 1 aromatic rings. The van der Waals surface area contributed by atoms with Crippen molar-refractivity contribution in [2.75, 3.05) is 23.7 Å².